The van der Waals surface area contributed by atoms with Crippen LogP contribution in [0.25, 0.3) is 0 Å². The average Bonchev–Trinajstić information content (AvgIpc) is 2.71. The highest BCUT2D eigenvalue weighted by atomic mass is 32.2. The van der Waals surface area contributed by atoms with Crippen molar-refractivity contribution in [1.82, 2.24) is 0 Å². The summed E-state index contributed by atoms with van der Waals surface area (Å²) in [6.45, 7) is 0. The van der Waals surface area contributed by atoms with Gasteiger partial charge in [0.05, 0.1) is 0 Å². The molecule has 0 radical (unpaired) electrons. The molecule has 1 unspecified atom stereocenters. The number of benzene rings is 1. The van der Waals surface area contributed by atoms with Crippen LogP contribution < -0.4 is 0 Å². The van der Waals surface area contributed by atoms with E-state index in [0.717, 1.165) is 0 Å². The van der Waals surface area contributed by atoms with E-state index < -0.39 is 0 Å². The molecule has 0 N–H and O–H groups in total. The van der Waals surface area contributed by atoms with Crippen LogP contribution in [0.4, 0.5) is 0 Å². The Bertz CT molecular complexity index is 236. The van der Waals surface area contributed by atoms with Crippen LogP contribution in [0.2, 0.25) is 0 Å². The van der Waals surface area contributed by atoms with Gasteiger partial charge >= 0.3 is 0 Å². The van der Waals surface area contributed by atoms with Crippen molar-refractivity contribution >= 4 is 15.9 Å². The first-order chi connectivity index (χ1) is 4.47. The van der Waals surface area contributed by atoms with E-state index >= 15 is 0 Å². The van der Waals surface area contributed by atoms with Gasteiger partial charge in [-0.3, -0.25) is 0 Å². The molecule has 0 fully saturated rings. The van der Waals surface area contributed by atoms with Gasteiger partial charge in [-0.15, -0.1) is 0 Å². The smallest absolute Gasteiger partial charge is 0.0162 e. The average molecular weight is 136 g/mol. The topological polar surface area (TPSA) is 0 Å². The van der Waals surface area contributed by atoms with Crippen molar-refractivity contribution in [2.24, 2.45) is 0 Å². The van der Waals surface area contributed by atoms with Crippen LogP contribution in [0.15, 0.2) is 35.2 Å². The molecule has 46 valence electrons. The molecule has 0 nitrogen and oxygen atoms in total. The maximum absolute atomic E-state index is 2.36. The summed E-state index contributed by atoms with van der Waals surface area (Å²) in [6.07, 6.45) is 0. The maximum atomic E-state index is 2.36. The van der Waals surface area contributed by atoms with Gasteiger partial charge in [0, 0.05) is 10.6 Å². The van der Waals surface area contributed by atoms with Gasteiger partial charge in [0.25, 0.3) is 0 Å². The third-order valence-electron chi connectivity index (χ3n) is 1.38. The van der Waals surface area contributed by atoms with E-state index in [0.29, 0.717) is 10.5 Å². The number of hydrogen-bond donors (Lipinski definition) is 0. The van der Waals surface area contributed by atoms with Crippen molar-refractivity contribution in [3.63, 3.8) is 0 Å². The van der Waals surface area contributed by atoms with Crippen molar-refractivity contribution < 1.29 is 0 Å². The minimum absolute atomic E-state index is 0.546. The molecule has 0 spiro atoms. The molecule has 1 heterocycles. The summed E-state index contributed by atoms with van der Waals surface area (Å²) in [5.74, 6) is 1.31. The molecule has 1 aromatic carbocycles. The molecule has 1 aliphatic rings. The highest BCUT2D eigenvalue weighted by Crippen LogP contribution is 2.33. The van der Waals surface area contributed by atoms with Gasteiger partial charge in [-0.05, 0) is 17.5 Å². The molecule has 0 aromatic heterocycles. The number of hydrogen-bond acceptors (Lipinski definition) is 0. The standard InChI is InChI=1S/C8H8S/c1-2-4-8(5-3-1)9-6-7-9/h1-6H,7H2. The Labute approximate surface area is 57.5 Å². The highest BCUT2D eigenvalue weighted by molar-refractivity contribution is 8.22. The summed E-state index contributed by atoms with van der Waals surface area (Å²) in [5, 5.41) is 2.36. The normalized spacial score (nSPS) is 22.9. The molecular weight excluding hydrogens is 128 g/mol. The van der Waals surface area contributed by atoms with E-state index in [4.69, 9.17) is 0 Å². The van der Waals surface area contributed by atoms with Crippen molar-refractivity contribution in [2.75, 3.05) is 5.75 Å². The van der Waals surface area contributed by atoms with E-state index in [2.05, 4.69) is 35.7 Å². The summed E-state index contributed by atoms with van der Waals surface area (Å²) in [7, 11) is 0.546. The molecule has 0 aliphatic carbocycles. The lowest BCUT2D eigenvalue weighted by molar-refractivity contribution is 1.47. The maximum Gasteiger partial charge on any atom is 0.0162 e. The van der Waals surface area contributed by atoms with Gasteiger partial charge in [-0.2, -0.15) is 10.5 Å². The fourth-order valence-electron chi connectivity index (χ4n) is 0.822. The van der Waals surface area contributed by atoms with E-state index in [1.807, 2.05) is 0 Å². The van der Waals surface area contributed by atoms with Gasteiger partial charge < -0.3 is 0 Å². The zero-order valence-electron chi connectivity index (χ0n) is 5.08. The quantitative estimate of drug-likeness (QED) is 0.519. The third kappa shape index (κ3) is 1.06. The fourth-order valence-corrected chi connectivity index (χ4v) is 1.99. The zero-order chi connectivity index (χ0) is 6.10. The van der Waals surface area contributed by atoms with Crippen LogP contribution in [-0.2, 0) is 0 Å². The SMILES string of the molecule is C1=S(c2ccccc2)C1. The molecular formula is C8H8S. The lowest BCUT2D eigenvalue weighted by Gasteiger charge is -1.90. The first-order valence-corrected chi connectivity index (χ1v) is 4.50. The van der Waals surface area contributed by atoms with Gasteiger partial charge in [0.15, 0.2) is 0 Å². The molecule has 1 aliphatic heterocycles. The third-order valence-corrected chi connectivity index (χ3v) is 2.92. The Morgan fingerprint density at radius 2 is 1.78 bits per heavy atom. The van der Waals surface area contributed by atoms with E-state index in [1.165, 1.54) is 10.6 Å². The predicted molar refractivity (Wildman–Crippen MR) is 43.2 cm³/mol. The van der Waals surface area contributed by atoms with Gasteiger partial charge in [0.1, 0.15) is 0 Å². The van der Waals surface area contributed by atoms with E-state index in [9.17, 15) is 0 Å². The van der Waals surface area contributed by atoms with Crippen molar-refractivity contribution in [2.45, 2.75) is 4.90 Å². The van der Waals surface area contributed by atoms with Crippen LogP contribution >= 0.6 is 10.5 Å². The first-order valence-electron chi connectivity index (χ1n) is 3.05. The van der Waals surface area contributed by atoms with Gasteiger partial charge in [-0.25, -0.2) is 0 Å². The van der Waals surface area contributed by atoms with Gasteiger partial charge in [0.2, 0.25) is 0 Å². The van der Waals surface area contributed by atoms with Crippen molar-refractivity contribution in [3.8, 4) is 0 Å². The Morgan fingerprint density at radius 3 is 2.33 bits per heavy atom. The van der Waals surface area contributed by atoms with Crippen LogP contribution in [0, 0.1) is 0 Å². The van der Waals surface area contributed by atoms with Crippen LogP contribution in [0.3, 0.4) is 0 Å². The summed E-state index contributed by atoms with van der Waals surface area (Å²) >= 11 is 0. The summed E-state index contributed by atoms with van der Waals surface area (Å²) < 4.78 is 0. The molecule has 1 heteroatoms. The van der Waals surface area contributed by atoms with Gasteiger partial charge in [-0.1, -0.05) is 18.2 Å². The minimum atomic E-state index is 0.546. The van der Waals surface area contributed by atoms with Crippen LogP contribution in [-0.4, -0.2) is 11.1 Å². The monoisotopic (exact) mass is 136 g/mol. The Balaban J connectivity index is 2.40. The Morgan fingerprint density at radius 1 is 1.11 bits per heavy atom. The first kappa shape index (κ1) is 5.24. The summed E-state index contributed by atoms with van der Waals surface area (Å²) in [4.78, 5) is 1.50. The van der Waals surface area contributed by atoms with Crippen molar-refractivity contribution in [3.05, 3.63) is 30.3 Å². The van der Waals surface area contributed by atoms with E-state index in [1.54, 1.807) is 0 Å². The summed E-state index contributed by atoms with van der Waals surface area (Å²) in [6, 6.07) is 10.7. The molecule has 0 bridgehead atoms. The molecule has 1 atom stereocenters. The summed E-state index contributed by atoms with van der Waals surface area (Å²) in [5.41, 5.74) is 0. The van der Waals surface area contributed by atoms with Crippen molar-refractivity contribution in [1.29, 1.82) is 0 Å². The Kier molecular flexibility index (Phi) is 1.16. The second-order valence-electron chi connectivity index (χ2n) is 2.08. The molecule has 0 saturated heterocycles. The zero-order valence-corrected chi connectivity index (χ0v) is 5.90. The lowest BCUT2D eigenvalue weighted by atomic mass is 10.4. The molecule has 2 rings (SSSR count). The second-order valence-corrected chi connectivity index (χ2v) is 4.07. The second kappa shape index (κ2) is 1.99. The fraction of sp³-hybridized carbons (Fsp3) is 0.125. The molecule has 9 heavy (non-hydrogen) atoms. The molecule has 0 saturated carbocycles. The van der Waals surface area contributed by atoms with Crippen LogP contribution in [0.5, 0.6) is 0 Å². The number of rotatable bonds is 1. The highest BCUT2D eigenvalue weighted by Gasteiger charge is 2.05. The Hall–Kier alpha value is -0.560. The largest absolute Gasteiger partial charge is 0.154 e. The minimum Gasteiger partial charge on any atom is -0.154 e. The molecule has 1 aromatic rings. The van der Waals surface area contributed by atoms with E-state index in [-0.39, 0.29) is 0 Å². The lowest BCUT2D eigenvalue weighted by Crippen LogP contribution is -1.62. The van der Waals surface area contributed by atoms with Crippen LogP contribution in [0.1, 0.15) is 0 Å². The molecule has 0 amide bonds. The predicted octanol–water partition coefficient (Wildman–Crippen LogP) is 2.13.